The highest BCUT2D eigenvalue weighted by atomic mass is 16.6. The molecule has 0 aromatic heterocycles. The molecule has 1 aliphatic rings. The topological polar surface area (TPSA) is 55.8 Å². The molecule has 4 heteroatoms. The monoisotopic (exact) mass is 334 g/mol. The van der Waals surface area contributed by atoms with Crippen molar-refractivity contribution < 1.29 is 19.4 Å². The number of hydrogen-bond acceptors (Lipinski definition) is 3. The number of carbonyl (C=O) groups is 1. The minimum Gasteiger partial charge on any atom is -0.486 e. The molecule has 0 radical (unpaired) electrons. The van der Waals surface area contributed by atoms with Crippen molar-refractivity contribution in [3.63, 3.8) is 0 Å². The van der Waals surface area contributed by atoms with Gasteiger partial charge in [0, 0.05) is 0 Å². The van der Waals surface area contributed by atoms with Gasteiger partial charge in [0.25, 0.3) is 0 Å². The molecular formula is C21H18O4. The first-order chi connectivity index (χ1) is 12.2. The van der Waals surface area contributed by atoms with Gasteiger partial charge in [-0.2, -0.15) is 0 Å². The van der Waals surface area contributed by atoms with Crippen molar-refractivity contribution in [2.75, 3.05) is 13.2 Å². The summed E-state index contributed by atoms with van der Waals surface area (Å²) in [6, 6.07) is 19.5. The van der Waals surface area contributed by atoms with Gasteiger partial charge in [-0.1, -0.05) is 48.5 Å². The summed E-state index contributed by atoms with van der Waals surface area (Å²) < 4.78 is 11.1. The van der Waals surface area contributed by atoms with Crippen LogP contribution >= 0.6 is 0 Å². The van der Waals surface area contributed by atoms with E-state index in [0.717, 1.165) is 21.9 Å². The first-order valence-electron chi connectivity index (χ1n) is 8.31. The summed E-state index contributed by atoms with van der Waals surface area (Å²) in [5.41, 5.74) is 1.75. The van der Waals surface area contributed by atoms with Gasteiger partial charge >= 0.3 is 5.97 Å². The van der Waals surface area contributed by atoms with Gasteiger partial charge in [0.1, 0.15) is 13.2 Å². The lowest BCUT2D eigenvalue weighted by atomic mass is 9.89. The third-order valence-corrected chi connectivity index (χ3v) is 4.57. The molecule has 0 spiro atoms. The lowest BCUT2D eigenvalue weighted by Gasteiger charge is -2.21. The molecule has 3 aromatic rings. The Morgan fingerprint density at radius 3 is 2.56 bits per heavy atom. The van der Waals surface area contributed by atoms with Crippen molar-refractivity contribution in [2.24, 2.45) is 0 Å². The second kappa shape index (κ2) is 6.48. The number of aliphatic carboxylic acids is 1. The second-order valence-corrected chi connectivity index (χ2v) is 6.14. The molecule has 0 saturated heterocycles. The molecular weight excluding hydrogens is 316 g/mol. The van der Waals surface area contributed by atoms with Gasteiger partial charge in [-0.25, -0.2) is 0 Å². The molecule has 4 rings (SSSR count). The van der Waals surface area contributed by atoms with Gasteiger partial charge in [-0.15, -0.1) is 0 Å². The summed E-state index contributed by atoms with van der Waals surface area (Å²) in [6.07, 6.45) is 0.427. The molecule has 1 unspecified atom stereocenters. The van der Waals surface area contributed by atoms with Gasteiger partial charge in [0.15, 0.2) is 11.5 Å². The van der Waals surface area contributed by atoms with Crippen LogP contribution in [0.5, 0.6) is 11.5 Å². The normalized spacial score (nSPS) is 14.2. The summed E-state index contributed by atoms with van der Waals surface area (Å²) in [5, 5.41) is 12.0. The van der Waals surface area contributed by atoms with Crippen molar-refractivity contribution in [3.05, 3.63) is 71.8 Å². The highest BCUT2D eigenvalue weighted by molar-refractivity contribution is 5.87. The smallest absolute Gasteiger partial charge is 0.311 e. The molecule has 4 nitrogen and oxygen atoms in total. The zero-order chi connectivity index (χ0) is 17.2. The van der Waals surface area contributed by atoms with Crippen LogP contribution in [0, 0.1) is 0 Å². The van der Waals surface area contributed by atoms with Crippen molar-refractivity contribution in [2.45, 2.75) is 12.3 Å². The van der Waals surface area contributed by atoms with Crippen molar-refractivity contribution in [3.8, 4) is 11.5 Å². The Kier molecular flexibility index (Phi) is 4.02. The van der Waals surface area contributed by atoms with Gasteiger partial charge < -0.3 is 14.6 Å². The Morgan fingerprint density at radius 1 is 0.960 bits per heavy atom. The van der Waals surface area contributed by atoms with Crippen molar-refractivity contribution in [1.29, 1.82) is 0 Å². The van der Waals surface area contributed by atoms with E-state index in [1.807, 2.05) is 48.5 Å². The summed E-state index contributed by atoms with van der Waals surface area (Å²) >= 11 is 0. The fourth-order valence-electron chi connectivity index (χ4n) is 3.31. The van der Waals surface area contributed by atoms with Crippen LogP contribution in [0.15, 0.2) is 60.7 Å². The Bertz CT molecular complexity index is 927. The average Bonchev–Trinajstić information content (AvgIpc) is 2.65. The molecule has 25 heavy (non-hydrogen) atoms. The molecule has 0 fully saturated rings. The van der Waals surface area contributed by atoms with Crippen molar-refractivity contribution in [1.82, 2.24) is 0 Å². The van der Waals surface area contributed by atoms with Crippen LogP contribution in [0.25, 0.3) is 10.8 Å². The van der Waals surface area contributed by atoms with Gasteiger partial charge in [0.05, 0.1) is 5.92 Å². The minimum absolute atomic E-state index is 0.427. The maximum Gasteiger partial charge on any atom is 0.311 e. The van der Waals surface area contributed by atoms with Gasteiger partial charge in [0.2, 0.25) is 0 Å². The Labute approximate surface area is 145 Å². The van der Waals surface area contributed by atoms with Crippen molar-refractivity contribution >= 4 is 16.7 Å². The van der Waals surface area contributed by atoms with E-state index in [-0.39, 0.29) is 0 Å². The predicted molar refractivity (Wildman–Crippen MR) is 95.5 cm³/mol. The largest absolute Gasteiger partial charge is 0.486 e. The molecule has 0 aliphatic carbocycles. The predicted octanol–water partition coefficient (Wildman–Crippen LogP) is 4.02. The minimum atomic E-state index is -0.843. The van der Waals surface area contributed by atoms with Crippen LogP contribution in [-0.4, -0.2) is 24.3 Å². The number of carboxylic acid groups (broad SMARTS) is 1. The molecule has 1 atom stereocenters. The van der Waals surface area contributed by atoms with Gasteiger partial charge in [-0.3, -0.25) is 4.79 Å². The van der Waals surface area contributed by atoms with Crippen LogP contribution in [0.4, 0.5) is 0 Å². The van der Waals surface area contributed by atoms with E-state index in [1.54, 1.807) is 12.1 Å². The second-order valence-electron chi connectivity index (χ2n) is 6.14. The number of hydrogen-bond donors (Lipinski definition) is 1. The fraction of sp³-hybridized carbons (Fsp3) is 0.190. The van der Waals surface area contributed by atoms with Crippen LogP contribution < -0.4 is 9.47 Å². The SMILES string of the molecule is O=C(O)C(Cc1cccc2ccccc12)c1ccc2c(c1)OCCO2. The quantitative estimate of drug-likeness (QED) is 0.783. The zero-order valence-corrected chi connectivity index (χ0v) is 13.6. The van der Waals surface area contributed by atoms with E-state index in [0.29, 0.717) is 31.1 Å². The summed E-state index contributed by atoms with van der Waals surface area (Å²) in [5.74, 6) is -0.191. The maximum absolute atomic E-state index is 11.9. The fourth-order valence-corrected chi connectivity index (χ4v) is 3.31. The molecule has 0 amide bonds. The molecule has 0 saturated carbocycles. The van der Waals surface area contributed by atoms with E-state index >= 15 is 0 Å². The summed E-state index contributed by atoms with van der Waals surface area (Å²) in [7, 11) is 0. The molecule has 1 aliphatic heterocycles. The lowest BCUT2D eigenvalue weighted by molar-refractivity contribution is -0.138. The Morgan fingerprint density at radius 2 is 1.72 bits per heavy atom. The van der Waals surface area contributed by atoms with E-state index < -0.39 is 11.9 Å². The average molecular weight is 334 g/mol. The summed E-state index contributed by atoms with van der Waals surface area (Å²) in [4.78, 5) is 11.9. The molecule has 1 heterocycles. The van der Waals surface area contributed by atoms with E-state index in [4.69, 9.17) is 9.47 Å². The van der Waals surface area contributed by atoms with Crippen LogP contribution in [0.2, 0.25) is 0 Å². The van der Waals surface area contributed by atoms with E-state index in [2.05, 4.69) is 0 Å². The zero-order valence-electron chi connectivity index (χ0n) is 13.6. The third kappa shape index (κ3) is 3.03. The van der Waals surface area contributed by atoms with Crippen LogP contribution in [0.3, 0.4) is 0 Å². The first kappa shape index (κ1) is 15.5. The Balaban J connectivity index is 1.71. The number of rotatable bonds is 4. The van der Waals surface area contributed by atoms with E-state index in [1.165, 1.54) is 0 Å². The first-order valence-corrected chi connectivity index (χ1v) is 8.31. The van der Waals surface area contributed by atoms with Crippen LogP contribution in [-0.2, 0) is 11.2 Å². The molecule has 126 valence electrons. The molecule has 3 aromatic carbocycles. The van der Waals surface area contributed by atoms with Crippen LogP contribution in [0.1, 0.15) is 17.0 Å². The highest BCUT2D eigenvalue weighted by Crippen LogP contribution is 2.35. The lowest BCUT2D eigenvalue weighted by Crippen LogP contribution is -2.18. The Hall–Kier alpha value is -3.01. The van der Waals surface area contributed by atoms with E-state index in [9.17, 15) is 9.90 Å². The highest BCUT2D eigenvalue weighted by Gasteiger charge is 2.23. The molecule has 0 bridgehead atoms. The number of carboxylic acids is 1. The number of fused-ring (bicyclic) bond motifs is 2. The van der Waals surface area contributed by atoms with Gasteiger partial charge in [-0.05, 0) is 40.5 Å². The molecule has 1 N–H and O–H groups in total. The number of ether oxygens (including phenoxy) is 2. The third-order valence-electron chi connectivity index (χ3n) is 4.57. The maximum atomic E-state index is 11.9. The summed E-state index contributed by atoms with van der Waals surface area (Å²) in [6.45, 7) is 1.00. The number of benzene rings is 3. The standard InChI is InChI=1S/C21H18O4/c22-21(23)18(16-8-9-19-20(13-16)25-11-10-24-19)12-15-6-3-5-14-4-1-2-7-17(14)15/h1-9,13,18H,10-12H2,(H,22,23).